The molecule has 0 saturated carbocycles. The van der Waals surface area contributed by atoms with Crippen LogP contribution in [0, 0.1) is 6.92 Å². The molecule has 1 aliphatic rings. The van der Waals surface area contributed by atoms with Crippen LogP contribution < -0.4 is 10.6 Å². The van der Waals surface area contributed by atoms with Gasteiger partial charge in [-0.15, -0.1) is 0 Å². The van der Waals surface area contributed by atoms with E-state index in [0.29, 0.717) is 5.69 Å². The van der Waals surface area contributed by atoms with E-state index >= 15 is 0 Å². The summed E-state index contributed by atoms with van der Waals surface area (Å²) in [5.41, 5.74) is 2.10. The Labute approximate surface area is 164 Å². The number of amides is 1. The number of fused-ring (bicyclic) bond motifs is 1. The minimum atomic E-state index is -4.50. The summed E-state index contributed by atoms with van der Waals surface area (Å²) in [5, 5.41) is 9.60. The van der Waals surface area contributed by atoms with Crippen molar-refractivity contribution in [1.29, 1.82) is 0 Å². The topological polar surface area (TPSA) is 71.8 Å². The predicted molar refractivity (Wildman–Crippen MR) is 102 cm³/mol. The van der Waals surface area contributed by atoms with E-state index in [2.05, 4.69) is 20.7 Å². The van der Waals surface area contributed by atoms with Crippen LogP contribution in [-0.4, -0.2) is 26.8 Å². The Morgan fingerprint density at radius 2 is 2.00 bits per heavy atom. The largest absolute Gasteiger partial charge is 0.410 e. The lowest BCUT2D eigenvalue weighted by Crippen LogP contribution is -2.35. The fourth-order valence-electron chi connectivity index (χ4n) is 3.33. The number of aromatic nitrogens is 3. The molecule has 1 amide bonds. The van der Waals surface area contributed by atoms with E-state index in [1.54, 1.807) is 18.3 Å². The van der Waals surface area contributed by atoms with E-state index in [4.69, 9.17) is 0 Å². The number of benzene rings is 1. The van der Waals surface area contributed by atoms with Gasteiger partial charge in [0, 0.05) is 18.7 Å². The van der Waals surface area contributed by atoms with Crippen molar-refractivity contribution in [2.24, 2.45) is 0 Å². The molecule has 2 N–H and O–H groups in total. The third-order valence-corrected chi connectivity index (χ3v) is 4.82. The van der Waals surface area contributed by atoms with Crippen LogP contribution in [0.5, 0.6) is 0 Å². The Morgan fingerprint density at radius 1 is 1.24 bits per heavy atom. The second-order valence-electron chi connectivity index (χ2n) is 6.96. The van der Waals surface area contributed by atoms with Crippen LogP contribution in [0.3, 0.4) is 0 Å². The van der Waals surface area contributed by atoms with E-state index in [1.165, 1.54) is 12.3 Å². The van der Waals surface area contributed by atoms with Crippen molar-refractivity contribution in [2.75, 3.05) is 10.6 Å². The lowest BCUT2D eigenvalue weighted by atomic mass is 9.96. The van der Waals surface area contributed by atoms with Crippen LogP contribution in [0.2, 0.25) is 0 Å². The SMILES string of the molecule is Cc1ccc(C2CC(C(F)(F)F)n3nc(C(=O)Nc4cccnc4)cc3N2)cc1. The molecule has 0 radical (unpaired) electrons. The first-order valence-electron chi connectivity index (χ1n) is 9.02. The normalized spacial score (nSPS) is 18.6. The molecule has 3 aromatic rings. The molecule has 0 saturated heterocycles. The van der Waals surface area contributed by atoms with Crippen LogP contribution in [-0.2, 0) is 0 Å². The lowest BCUT2D eigenvalue weighted by molar-refractivity contribution is -0.173. The molecule has 9 heteroatoms. The smallest absolute Gasteiger partial charge is 0.363 e. The monoisotopic (exact) mass is 401 g/mol. The number of pyridine rings is 1. The van der Waals surface area contributed by atoms with Crippen molar-refractivity contribution < 1.29 is 18.0 Å². The van der Waals surface area contributed by atoms with Gasteiger partial charge in [-0.2, -0.15) is 18.3 Å². The molecule has 4 rings (SSSR count). The van der Waals surface area contributed by atoms with Gasteiger partial charge in [-0.3, -0.25) is 9.78 Å². The number of aryl methyl sites for hydroxylation is 1. The standard InChI is InChI=1S/C20H18F3N5O/c1-12-4-6-13(7-5-12)15-9-17(20(21,22)23)28-18(26-15)10-16(27-28)19(29)25-14-3-2-8-24-11-14/h2-8,10-11,15,17,26H,9H2,1H3,(H,25,29). The number of anilines is 2. The Hall–Kier alpha value is -3.36. The molecule has 6 nitrogen and oxygen atoms in total. The predicted octanol–water partition coefficient (Wildman–Crippen LogP) is 4.50. The number of nitrogens with one attached hydrogen (secondary N) is 2. The van der Waals surface area contributed by atoms with Crippen LogP contribution in [0.25, 0.3) is 0 Å². The van der Waals surface area contributed by atoms with Gasteiger partial charge in [0.2, 0.25) is 0 Å². The van der Waals surface area contributed by atoms with Crippen LogP contribution >= 0.6 is 0 Å². The second-order valence-corrected chi connectivity index (χ2v) is 6.96. The molecule has 0 fully saturated rings. The number of hydrogen-bond donors (Lipinski definition) is 2. The summed E-state index contributed by atoms with van der Waals surface area (Å²) in [6, 6.07) is 9.57. The number of halogens is 3. The van der Waals surface area contributed by atoms with E-state index in [-0.39, 0.29) is 17.9 Å². The van der Waals surface area contributed by atoms with Crippen molar-refractivity contribution in [3.05, 3.63) is 71.7 Å². The number of carbonyl (C=O) groups is 1. The summed E-state index contributed by atoms with van der Waals surface area (Å²) >= 11 is 0. The number of rotatable bonds is 3. The van der Waals surface area contributed by atoms with Gasteiger partial charge >= 0.3 is 6.18 Å². The maximum absolute atomic E-state index is 13.7. The highest BCUT2D eigenvalue weighted by Crippen LogP contribution is 2.43. The first kappa shape index (κ1) is 19.0. The van der Waals surface area contributed by atoms with Gasteiger partial charge in [0.15, 0.2) is 11.7 Å². The maximum Gasteiger partial charge on any atom is 0.410 e. The second kappa shape index (κ2) is 7.23. The molecule has 1 aliphatic heterocycles. The summed E-state index contributed by atoms with van der Waals surface area (Å²) in [7, 11) is 0. The Kier molecular flexibility index (Phi) is 4.73. The molecule has 0 spiro atoms. The van der Waals surface area contributed by atoms with Gasteiger partial charge in [0.25, 0.3) is 5.91 Å². The highest BCUT2D eigenvalue weighted by molar-refractivity contribution is 6.03. The van der Waals surface area contributed by atoms with E-state index in [9.17, 15) is 18.0 Å². The summed E-state index contributed by atoms with van der Waals surface area (Å²) in [6.07, 6.45) is -1.72. The number of alkyl halides is 3. The van der Waals surface area contributed by atoms with Crippen molar-refractivity contribution in [2.45, 2.75) is 31.6 Å². The first-order valence-corrected chi connectivity index (χ1v) is 9.02. The van der Waals surface area contributed by atoms with Crippen LogP contribution in [0.1, 0.15) is 40.1 Å². The van der Waals surface area contributed by atoms with Gasteiger partial charge in [-0.05, 0) is 24.6 Å². The van der Waals surface area contributed by atoms with Gasteiger partial charge in [-0.1, -0.05) is 29.8 Å². The lowest BCUT2D eigenvalue weighted by Gasteiger charge is -2.33. The summed E-state index contributed by atoms with van der Waals surface area (Å²) in [4.78, 5) is 16.3. The van der Waals surface area contributed by atoms with E-state index < -0.39 is 24.2 Å². The Balaban J connectivity index is 1.65. The van der Waals surface area contributed by atoms with Crippen molar-refractivity contribution in [1.82, 2.24) is 14.8 Å². The molecular formula is C20H18F3N5O. The van der Waals surface area contributed by atoms with E-state index in [0.717, 1.165) is 15.8 Å². The molecule has 150 valence electrons. The minimum absolute atomic E-state index is 0.102. The van der Waals surface area contributed by atoms with Gasteiger partial charge in [-0.25, -0.2) is 4.68 Å². The van der Waals surface area contributed by atoms with Crippen molar-refractivity contribution in [3.63, 3.8) is 0 Å². The fraction of sp³-hybridized carbons (Fsp3) is 0.250. The van der Waals surface area contributed by atoms with E-state index in [1.807, 2.05) is 31.2 Å². The average Bonchev–Trinajstić information content (AvgIpc) is 3.12. The van der Waals surface area contributed by atoms with Gasteiger partial charge in [0.05, 0.1) is 17.9 Å². The zero-order valence-electron chi connectivity index (χ0n) is 15.4. The molecule has 0 aliphatic carbocycles. The highest BCUT2D eigenvalue weighted by Gasteiger charge is 2.46. The third-order valence-electron chi connectivity index (χ3n) is 4.82. The molecule has 1 aromatic carbocycles. The van der Waals surface area contributed by atoms with Crippen LogP contribution in [0.4, 0.5) is 24.7 Å². The number of carbonyl (C=O) groups excluding carboxylic acids is 1. The Morgan fingerprint density at radius 3 is 2.66 bits per heavy atom. The van der Waals surface area contributed by atoms with Gasteiger partial charge in [0.1, 0.15) is 5.82 Å². The molecule has 2 atom stereocenters. The van der Waals surface area contributed by atoms with Crippen LogP contribution in [0.15, 0.2) is 54.9 Å². The maximum atomic E-state index is 13.7. The zero-order valence-corrected chi connectivity index (χ0v) is 15.4. The summed E-state index contributed by atoms with van der Waals surface area (Å²) < 4.78 is 42.0. The van der Waals surface area contributed by atoms with Gasteiger partial charge < -0.3 is 10.6 Å². The number of nitrogens with zero attached hydrogens (tertiary/aromatic N) is 3. The molecule has 3 heterocycles. The minimum Gasteiger partial charge on any atom is -0.363 e. The first-order chi connectivity index (χ1) is 13.8. The number of hydrogen-bond acceptors (Lipinski definition) is 4. The molecule has 29 heavy (non-hydrogen) atoms. The fourth-order valence-corrected chi connectivity index (χ4v) is 3.33. The molecular weight excluding hydrogens is 383 g/mol. The summed E-state index contributed by atoms with van der Waals surface area (Å²) in [6.45, 7) is 1.92. The average molecular weight is 401 g/mol. The molecule has 2 unspecified atom stereocenters. The van der Waals surface area contributed by atoms with Crippen molar-refractivity contribution >= 4 is 17.4 Å². The zero-order chi connectivity index (χ0) is 20.6. The molecule has 2 aromatic heterocycles. The summed E-state index contributed by atoms with van der Waals surface area (Å²) in [5.74, 6) is -0.449. The van der Waals surface area contributed by atoms with Crippen molar-refractivity contribution in [3.8, 4) is 0 Å². The quantitative estimate of drug-likeness (QED) is 0.678. The third kappa shape index (κ3) is 3.94. The molecule has 0 bridgehead atoms. The Bertz CT molecular complexity index is 1010. The highest BCUT2D eigenvalue weighted by atomic mass is 19.4.